The van der Waals surface area contributed by atoms with Crippen molar-refractivity contribution in [3.63, 3.8) is 0 Å². The van der Waals surface area contributed by atoms with Crippen LogP contribution in [0.15, 0.2) is 29.3 Å². The molecule has 2 aromatic rings. The van der Waals surface area contributed by atoms with E-state index in [0.29, 0.717) is 29.4 Å². The molecule has 6 nitrogen and oxygen atoms in total. The largest absolute Gasteiger partial charge is 0.504 e. The standard InChI is InChI=1S/C27H34N2O4/c1-4-16-15-29-8-6-18-12-26(32-2)25(31)13-21(18)23(29)10-19(16)9-22-20-14-27(33-3)24(30)11-17(20)5-7-28-22/h11-14,16,19,23,30-31H,4-10,15H2,1-3H3. The van der Waals surface area contributed by atoms with E-state index < -0.39 is 0 Å². The quantitative estimate of drug-likeness (QED) is 0.702. The molecule has 3 atom stereocenters. The summed E-state index contributed by atoms with van der Waals surface area (Å²) in [4.78, 5) is 7.54. The van der Waals surface area contributed by atoms with Crippen LogP contribution in [0.4, 0.5) is 0 Å². The normalized spacial score (nSPS) is 24.3. The molecule has 33 heavy (non-hydrogen) atoms. The van der Waals surface area contributed by atoms with Crippen LogP contribution in [0.5, 0.6) is 23.0 Å². The molecule has 3 aliphatic rings. The third-order valence-corrected chi connectivity index (χ3v) is 7.95. The van der Waals surface area contributed by atoms with E-state index in [0.717, 1.165) is 68.6 Å². The van der Waals surface area contributed by atoms with E-state index in [1.807, 2.05) is 24.3 Å². The topological polar surface area (TPSA) is 74.5 Å². The summed E-state index contributed by atoms with van der Waals surface area (Å²) in [6.45, 7) is 5.19. The van der Waals surface area contributed by atoms with Crippen LogP contribution in [0.2, 0.25) is 0 Å². The molecular formula is C27H34N2O4. The van der Waals surface area contributed by atoms with Crippen molar-refractivity contribution in [2.24, 2.45) is 16.8 Å². The number of aliphatic imine (C=N–C) groups is 1. The van der Waals surface area contributed by atoms with Crippen molar-refractivity contribution in [2.45, 2.75) is 45.1 Å². The predicted molar refractivity (Wildman–Crippen MR) is 129 cm³/mol. The lowest BCUT2D eigenvalue weighted by Gasteiger charge is -2.47. The molecular weight excluding hydrogens is 416 g/mol. The summed E-state index contributed by atoms with van der Waals surface area (Å²) in [5.41, 5.74) is 5.96. The Morgan fingerprint density at radius 1 is 0.970 bits per heavy atom. The van der Waals surface area contributed by atoms with Gasteiger partial charge in [0.1, 0.15) is 0 Å². The van der Waals surface area contributed by atoms with Crippen LogP contribution >= 0.6 is 0 Å². The van der Waals surface area contributed by atoms with Gasteiger partial charge in [-0.2, -0.15) is 0 Å². The molecule has 5 rings (SSSR count). The molecule has 0 saturated carbocycles. The second kappa shape index (κ2) is 8.90. The van der Waals surface area contributed by atoms with Gasteiger partial charge in [0.2, 0.25) is 0 Å². The van der Waals surface area contributed by atoms with Crippen LogP contribution in [0, 0.1) is 11.8 Å². The zero-order valence-corrected chi connectivity index (χ0v) is 19.8. The molecule has 3 heterocycles. The number of phenols is 2. The lowest BCUT2D eigenvalue weighted by molar-refractivity contribution is 0.0546. The van der Waals surface area contributed by atoms with E-state index in [9.17, 15) is 10.2 Å². The highest BCUT2D eigenvalue weighted by Gasteiger charge is 2.39. The summed E-state index contributed by atoms with van der Waals surface area (Å²) < 4.78 is 10.7. The molecule has 1 saturated heterocycles. The Kier molecular flexibility index (Phi) is 5.95. The second-order valence-electron chi connectivity index (χ2n) is 9.61. The van der Waals surface area contributed by atoms with E-state index in [1.54, 1.807) is 14.2 Å². The fourth-order valence-corrected chi connectivity index (χ4v) is 6.14. The van der Waals surface area contributed by atoms with Gasteiger partial charge in [0.25, 0.3) is 0 Å². The summed E-state index contributed by atoms with van der Waals surface area (Å²) >= 11 is 0. The minimum atomic E-state index is 0.200. The number of aromatic hydroxyl groups is 2. The Balaban J connectivity index is 1.44. The lowest BCUT2D eigenvalue weighted by Crippen LogP contribution is -2.46. The maximum absolute atomic E-state index is 10.5. The minimum absolute atomic E-state index is 0.200. The first-order valence-electron chi connectivity index (χ1n) is 12.1. The van der Waals surface area contributed by atoms with E-state index in [4.69, 9.17) is 14.5 Å². The van der Waals surface area contributed by atoms with Crippen molar-refractivity contribution >= 4 is 5.71 Å². The summed E-state index contributed by atoms with van der Waals surface area (Å²) in [7, 11) is 3.20. The van der Waals surface area contributed by atoms with Crippen molar-refractivity contribution in [3.05, 3.63) is 46.5 Å². The number of nitrogens with zero attached hydrogens (tertiary/aromatic N) is 2. The van der Waals surface area contributed by atoms with Gasteiger partial charge in [0.05, 0.1) is 14.2 Å². The van der Waals surface area contributed by atoms with Crippen LogP contribution < -0.4 is 9.47 Å². The van der Waals surface area contributed by atoms with Gasteiger partial charge < -0.3 is 19.7 Å². The Bertz CT molecular complexity index is 1080. The van der Waals surface area contributed by atoms with Crippen molar-refractivity contribution in [1.82, 2.24) is 4.90 Å². The molecule has 1 fully saturated rings. The molecule has 0 aliphatic carbocycles. The van der Waals surface area contributed by atoms with Crippen molar-refractivity contribution in [3.8, 4) is 23.0 Å². The molecule has 176 valence electrons. The summed E-state index contributed by atoms with van der Waals surface area (Å²) in [6.07, 6.45) is 4.98. The first kappa shape index (κ1) is 22.1. The van der Waals surface area contributed by atoms with Gasteiger partial charge in [-0.15, -0.1) is 0 Å². The molecule has 6 heteroatoms. The monoisotopic (exact) mass is 450 g/mol. The number of phenolic OH excluding ortho intramolecular Hbond substituents is 2. The van der Waals surface area contributed by atoms with Gasteiger partial charge in [-0.25, -0.2) is 0 Å². The maximum Gasteiger partial charge on any atom is 0.161 e. The predicted octanol–water partition coefficient (Wildman–Crippen LogP) is 4.50. The first-order chi connectivity index (χ1) is 16.0. The number of hydrogen-bond donors (Lipinski definition) is 2. The average Bonchev–Trinajstić information content (AvgIpc) is 2.83. The highest BCUT2D eigenvalue weighted by molar-refractivity contribution is 6.03. The highest BCUT2D eigenvalue weighted by Crippen LogP contribution is 2.46. The van der Waals surface area contributed by atoms with Crippen LogP contribution in [-0.4, -0.2) is 54.7 Å². The molecule has 0 amide bonds. The zero-order chi connectivity index (χ0) is 23.1. The fraction of sp³-hybridized carbons (Fsp3) is 0.519. The van der Waals surface area contributed by atoms with Gasteiger partial charge in [0, 0.05) is 37.0 Å². The molecule has 0 aromatic heterocycles. The Hall–Kier alpha value is -2.73. The summed E-state index contributed by atoms with van der Waals surface area (Å²) in [5.74, 6) is 2.62. The highest BCUT2D eigenvalue weighted by atomic mass is 16.5. The smallest absolute Gasteiger partial charge is 0.161 e. The van der Waals surface area contributed by atoms with Gasteiger partial charge in [0.15, 0.2) is 23.0 Å². The number of hydrogen-bond acceptors (Lipinski definition) is 6. The molecule has 0 spiro atoms. The molecule has 3 aliphatic heterocycles. The van der Waals surface area contributed by atoms with Gasteiger partial charge in [-0.1, -0.05) is 13.3 Å². The van der Waals surface area contributed by atoms with Crippen LogP contribution in [-0.2, 0) is 12.8 Å². The molecule has 0 radical (unpaired) electrons. The third-order valence-electron chi connectivity index (χ3n) is 7.95. The number of piperidine rings is 1. The van der Waals surface area contributed by atoms with Crippen molar-refractivity contribution in [1.29, 1.82) is 0 Å². The fourth-order valence-electron chi connectivity index (χ4n) is 6.14. The number of benzene rings is 2. The molecule has 2 aromatic carbocycles. The van der Waals surface area contributed by atoms with E-state index in [-0.39, 0.29) is 11.5 Å². The van der Waals surface area contributed by atoms with Gasteiger partial charge in [-0.3, -0.25) is 9.89 Å². The Labute approximate surface area is 195 Å². The van der Waals surface area contributed by atoms with Crippen LogP contribution in [0.25, 0.3) is 0 Å². The second-order valence-corrected chi connectivity index (χ2v) is 9.61. The molecule has 3 unspecified atom stereocenters. The molecule has 2 N–H and O–H groups in total. The van der Waals surface area contributed by atoms with E-state index in [1.165, 1.54) is 11.1 Å². The van der Waals surface area contributed by atoms with Gasteiger partial charge in [-0.05, 0) is 78.5 Å². The van der Waals surface area contributed by atoms with Gasteiger partial charge >= 0.3 is 0 Å². The minimum Gasteiger partial charge on any atom is -0.504 e. The Morgan fingerprint density at radius 3 is 2.48 bits per heavy atom. The third kappa shape index (κ3) is 3.95. The van der Waals surface area contributed by atoms with E-state index in [2.05, 4.69) is 11.8 Å². The summed E-state index contributed by atoms with van der Waals surface area (Å²) in [6, 6.07) is 8.06. The van der Waals surface area contributed by atoms with Crippen molar-refractivity contribution in [2.75, 3.05) is 33.9 Å². The molecule has 0 bridgehead atoms. The van der Waals surface area contributed by atoms with Crippen molar-refractivity contribution < 1.29 is 19.7 Å². The number of rotatable bonds is 5. The van der Waals surface area contributed by atoms with E-state index >= 15 is 0 Å². The lowest BCUT2D eigenvalue weighted by atomic mass is 9.73. The summed E-state index contributed by atoms with van der Waals surface area (Å²) in [5, 5.41) is 20.7. The first-order valence-corrected chi connectivity index (χ1v) is 12.1. The number of ether oxygens (including phenoxy) is 2. The SMILES string of the molecule is CCC1CN2CCc3cc(OC)c(O)cc3C2CC1CC1=NCCc2cc(O)c(OC)cc21. The van der Waals surface area contributed by atoms with Crippen LogP contribution in [0.3, 0.4) is 0 Å². The Morgan fingerprint density at radius 2 is 1.73 bits per heavy atom. The maximum atomic E-state index is 10.5. The van der Waals surface area contributed by atoms with Crippen LogP contribution in [0.1, 0.15) is 54.5 Å². The average molecular weight is 451 g/mol. The number of fused-ring (bicyclic) bond motifs is 4. The number of methoxy groups -OCH3 is 2. The zero-order valence-electron chi connectivity index (χ0n) is 19.8.